The van der Waals surface area contributed by atoms with Crippen molar-refractivity contribution in [1.82, 2.24) is 9.88 Å². The number of carbonyl (C=O) groups excluding carboxylic acids is 1. The lowest BCUT2D eigenvalue weighted by Gasteiger charge is -2.14. The molecule has 4 rings (SSSR count). The molecule has 0 radical (unpaired) electrons. The van der Waals surface area contributed by atoms with Gasteiger partial charge in [0.15, 0.2) is 5.11 Å². The van der Waals surface area contributed by atoms with Crippen LogP contribution in [0.2, 0.25) is 0 Å². The van der Waals surface area contributed by atoms with Crippen molar-refractivity contribution >= 4 is 45.9 Å². The van der Waals surface area contributed by atoms with E-state index in [0.717, 1.165) is 28.8 Å². The minimum atomic E-state index is -0.162. The zero-order chi connectivity index (χ0) is 21.3. The number of amides is 1. The van der Waals surface area contributed by atoms with E-state index in [4.69, 9.17) is 17.0 Å². The van der Waals surface area contributed by atoms with Gasteiger partial charge in [-0.2, -0.15) is 0 Å². The Balaban J connectivity index is 1.67. The zero-order valence-corrected chi connectivity index (χ0v) is 18.2. The normalized spacial score (nSPS) is 15.5. The van der Waals surface area contributed by atoms with Gasteiger partial charge < -0.3 is 14.6 Å². The Morgan fingerprint density at radius 1 is 1.13 bits per heavy atom. The van der Waals surface area contributed by atoms with Gasteiger partial charge in [0, 0.05) is 29.2 Å². The topological polar surface area (TPSA) is 46.5 Å². The summed E-state index contributed by atoms with van der Waals surface area (Å²) in [5.74, 6) is 1.13. The lowest BCUT2D eigenvalue weighted by atomic mass is 10.1. The molecular weight excluding hydrogens is 394 g/mol. The van der Waals surface area contributed by atoms with Gasteiger partial charge in [-0.05, 0) is 61.5 Å². The maximum atomic E-state index is 13.1. The fraction of sp³-hybridized carbons (Fsp3) is 0.250. The number of rotatable bonds is 6. The number of anilines is 1. The van der Waals surface area contributed by atoms with Crippen LogP contribution in [0, 0.1) is 5.92 Å². The maximum absolute atomic E-state index is 13.1. The van der Waals surface area contributed by atoms with Crippen LogP contribution in [0.5, 0.6) is 5.75 Å². The molecule has 0 spiro atoms. The Bertz CT molecular complexity index is 1130. The van der Waals surface area contributed by atoms with E-state index in [2.05, 4.69) is 42.1 Å². The predicted octanol–water partition coefficient (Wildman–Crippen LogP) is 4.96. The number of hydrogen-bond donors (Lipinski definition) is 1. The largest absolute Gasteiger partial charge is 0.494 e. The second kappa shape index (κ2) is 8.32. The van der Waals surface area contributed by atoms with Crippen molar-refractivity contribution in [2.45, 2.75) is 27.3 Å². The van der Waals surface area contributed by atoms with Crippen molar-refractivity contribution in [3.63, 3.8) is 0 Å². The quantitative estimate of drug-likeness (QED) is 0.453. The van der Waals surface area contributed by atoms with Gasteiger partial charge in [-0.3, -0.25) is 9.69 Å². The molecule has 2 aromatic carbocycles. The molecule has 5 nitrogen and oxygen atoms in total. The molecule has 0 bridgehead atoms. The fourth-order valence-corrected chi connectivity index (χ4v) is 4.02. The third-order valence-electron chi connectivity index (χ3n) is 4.97. The summed E-state index contributed by atoms with van der Waals surface area (Å²) < 4.78 is 7.73. The third kappa shape index (κ3) is 3.83. The molecule has 1 saturated heterocycles. The summed E-state index contributed by atoms with van der Waals surface area (Å²) in [6.45, 7) is 7.84. The second-order valence-corrected chi connectivity index (χ2v) is 8.09. The number of hydrogen-bond acceptors (Lipinski definition) is 3. The number of nitrogens with zero attached hydrogens (tertiary/aromatic N) is 2. The predicted molar refractivity (Wildman–Crippen MR) is 126 cm³/mol. The highest BCUT2D eigenvalue weighted by molar-refractivity contribution is 7.80. The van der Waals surface area contributed by atoms with Crippen LogP contribution in [-0.4, -0.2) is 22.2 Å². The van der Waals surface area contributed by atoms with E-state index in [1.54, 1.807) is 0 Å². The number of aromatic nitrogens is 1. The Hall–Kier alpha value is -3.12. The first-order valence-corrected chi connectivity index (χ1v) is 10.6. The smallest absolute Gasteiger partial charge is 0.281 e. The molecule has 6 heteroatoms. The van der Waals surface area contributed by atoms with E-state index in [0.29, 0.717) is 29.0 Å². The monoisotopic (exact) mass is 419 g/mol. The van der Waals surface area contributed by atoms with Crippen LogP contribution in [-0.2, 0) is 11.3 Å². The summed E-state index contributed by atoms with van der Waals surface area (Å²) in [6.07, 6.45) is 4.00. The molecule has 154 valence electrons. The molecule has 1 aliphatic rings. The van der Waals surface area contributed by atoms with E-state index in [1.807, 2.05) is 49.4 Å². The summed E-state index contributed by atoms with van der Waals surface area (Å²) in [5, 5.41) is 4.58. The molecule has 0 aliphatic carbocycles. The maximum Gasteiger partial charge on any atom is 0.281 e. The minimum Gasteiger partial charge on any atom is -0.494 e. The van der Waals surface area contributed by atoms with Crippen LogP contribution >= 0.6 is 12.2 Å². The van der Waals surface area contributed by atoms with Crippen molar-refractivity contribution in [3.8, 4) is 5.75 Å². The highest BCUT2D eigenvalue weighted by Gasteiger charge is 2.32. The summed E-state index contributed by atoms with van der Waals surface area (Å²) in [7, 11) is 0. The molecule has 0 unspecified atom stereocenters. The van der Waals surface area contributed by atoms with Gasteiger partial charge in [0.2, 0.25) is 0 Å². The molecule has 0 atom stereocenters. The molecule has 3 aromatic rings. The van der Waals surface area contributed by atoms with Crippen LogP contribution in [0.15, 0.2) is 60.4 Å². The number of carbonyl (C=O) groups is 1. The van der Waals surface area contributed by atoms with Crippen LogP contribution in [0.4, 0.5) is 5.69 Å². The van der Waals surface area contributed by atoms with E-state index in [-0.39, 0.29) is 5.91 Å². The van der Waals surface area contributed by atoms with Gasteiger partial charge in [-0.25, -0.2) is 0 Å². The van der Waals surface area contributed by atoms with E-state index < -0.39 is 0 Å². The molecule has 1 amide bonds. The van der Waals surface area contributed by atoms with Gasteiger partial charge >= 0.3 is 0 Å². The molecular formula is C24H25N3O2S. The number of nitrogens with one attached hydrogen (secondary N) is 1. The lowest BCUT2D eigenvalue weighted by molar-refractivity contribution is -0.113. The molecule has 30 heavy (non-hydrogen) atoms. The zero-order valence-electron chi connectivity index (χ0n) is 17.4. The molecule has 2 heterocycles. The van der Waals surface area contributed by atoms with Crippen LogP contribution < -0.4 is 15.0 Å². The molecule has 1 aromatic heterocycles. The first-order valence-electron chi connectivity index (χ1n) is 10.2. The van der Waals surface area contributed by atoms with Gasteiger partial charge in [-0.1, -0.05) is 32.0 Å². The van der Waals surface area contributed by atoms with Crippen molar-refractivity contribution in [3.05, 3.63) is 66.0 Å². The number of benzene rings is 2. The van der Waals surface area contributed by atoms with Crippen molar-refractivity contribution in [2.24, 2.45) is 5.92 Å². The van der Waals surface area contributed by atoms with Crippen molar-refractivity contribution < 1.29 is 9.53 Å². The van der Waals surface area contributed by atoms with Gasteiger partial charge in [0.05, 0.1) is 12.3 Å². The Kier molecular flexibility index (Phi) is 5.59. The summed E-state index contributed by atoms with van der Waals surface area (Å²) >= 11 is 5.45. The third-order valence-corrected chi connectivity index (χ3v) is 5.25. The lowest BCUT2D eigenvalue weighted by Crippen LogP contribution is -2.30. The second-order valence-electron chi connectivity index (χ2n) is 7.70. The van der Waals surface area contributed by atoms with Crippen molar-refractivity contribution in [1.29, 1.82) is 0 Å². The fourth-order valence-electron chi connectivity index (χ4n) is 3.72. The van der Waals surface area contributed by atoms with Gasteiger partial charge in [0.25, 0.3) is 5.91 Å². The number of thiocarbonyl (C=S) groups is 1. The van der Waals surface area contributed by atoms with Crippen LogP contribution in [0.1, 0.15) is 26.3 Å². The minimum absolute atomic E-state index is 0.162. The molecule has 0 saturated carbocycles. The van der Waals surface area contributed by atoms with Crippen LogP contribution in [0.3, 0.4) is 0 Å². The Morgan fingerprint density at radius 3 is 2.57 bits per heavy atom. The summed E-state index contributed by atoms with van der Waals surface area (Å²) in [4.78, 5) is 14.6. The van der Waals surface area contributed by atoms with Crippen molar-refractivity contribution in [2.75, 3.05) is 11.5 Å². The number of ether oxygens (including phenoxy) is 1. The summed E-state index contributed by atoms with van der Waals surface area (Å²) in [6, 6.07) is 15.6. The highest BCUT2D eigenvalue weighted by atomic mass is 32.1. The van der Waals surface area contributed by atoms with Gasteiger partial charge in [-0.15, -0.1) is 0 Å². The first kappa shape index (κ1) is 20.2. The number of fused-ring (bicyclic) bond motifs is 1. The van der Waals surface area contributed by atoms with E-state index in [9.17, 15) is 4.79 Å². The average Bonchev–Trinajstić information content (AvgIpc) is 3.20. The Labute approximate surface area is 181 Å². The van der Waals surface area contributed by atoms with E-state index >= 15 is 0 Å². The Morgan fingerprint density at radius 2 is 1.87 bits per heavy atom. The summed E-state index contributed by atoms with van der Waals surface area (Å²) in [5.41, 5.74) is 3.35. The molecule has 1 aliphatic heterocycles. The average molecular weight is 420 g/mol. The van der Waals surface area contributed by atoms with E-state index in [1.165, 1.54) is 4.90 Å². The molecule has 1 N–H and O–H groups in total. The first-order chi connectivity index (χ1) is 14.5. The highest BCUT2D eigenvalue weighted by Crippen LogP contribution is 2.28. The van der Waals surface area contributed by atoms with Crippen LogP contribution in [0.25, 0.3) is 17.0 Å². The van der Waals surface area contributed by atoms with Gasteiger partial charge in [0.1, 0.15) is 11.4 Å². The number of para-hydroxylation sites is 1. The standard InChI is InChI=1S/C24H25N3O2S/c1-4-29-19-11-9-18(10-12-19)27-23(28)21(25-24(27)30)13-17-15-26(14-16(2)3)22-8-6-5-7-20(17)22/h5-13,15-16H,4,14H2,1-3H3,(H,25,30)/b21-13-. The molecule has 1 fully saturated rings. The SMILES string of the molecule is CCOc1ccc(N2C(=O)/C(=C/c3cn(CC(C)C)c4ccccc34)NC2=S)cc1.